The zero-order chi connectivity index (χ0) is 14.7. The van der Waals surface area contributed by atoms with Crippen LogP contribution < -0.4 is 5.32 Å². The molecule has 21 heavy (non-hydrogen) atoms. The second kappa shape index (κ2) is 5.88. The van der Waals surface area contributed by atoms with Crippen molar-refractivity contribution in [3.05, 3.63) is 52.6 Å². The lowest BCUT2D eigenvalue weighted by molar-refractivity contribution is 0.0698. The molecule has 6 heteroatoms. The highest BCUT2D eigenvalue weighted by molar-refractivity contribution is 7.07. The number of aromatic carboxylic acids is 1. The fourth-order valence-electron chi connectivity index (χ4n) is 2.17. The first-order valence-electron chi connectivity index (χ1n) is 6.47. The summed E-state index contributed by atoms with van der Waals surface area (Å²) >= 11 is 1.57. The summed E-state index contributed by atoms with van der Waals surface area (Å²) in [6.45, 7) is 0.702. The third-order valence-corrected chi connectivity index (χ3v) is 3.82. The van der Waals surface area contributed by atoms with Gasteiger partial charge in [0.05, 0.1) is 16.8 Å². The van der Waals surface area contributed by atoms with Crippen molar-refractivity contribution in [3.63, 3.8) is 0 Å². The predicted molar refractivity (Wildman–Crippen MR) is 83.0 cm³/mol. The smallest absolute Gasteiger partial charge is 0.337 e. The molecular formula is C15H13N3O2S. The van der Waals surface area contributed by atoms with Gasteiger partial charge in [0.15, 0.2) is 0 Å². The minimum atomic E-state index is -0.965. The fraction of sp³-hybridized carbons (Fsp3) is 0.133. The van der Waals surface area contributed by atoms with Crippen LogP contribution in [0.25, 0.3) is 10.8 Å². The summed E-state index contributed by atoms with van der Waals surface area (Å²) in [5.74, 6) is -0.265. The van der Waals surface area contributed by atoms with Gasteiger partial charge in [-0.3, -0.25) is 0 Å². The minimum Gasteiger partial charge on any atom is -0.478 e. The number of aromatic nitrogens is 2. The Kier molecular flexibility index (Phi) is 3.79. The van der Waals surface area contributed by atoms with E-state index < -0.39 is 5.97 Å². The molecule has 0 spiro atoms. The first kappa shape index (κ1) is 13.5. The van der Waals surface area contributed by atoms with Crippen LogP contribution in [0.1, 0.15) is 16.1 Å². The SMILES string of the molecule is O=C(O)c1cnc(NCCc2cscn2)c2ccccc12. The van der Waals surface area contributed by atoms with Gasteiger partial charge in [-0.25, -0.2) is 14.8 Å². The third kappa shape index (κ3) is 2.85. The number of nitrogens with zero attached hydrogens (tertiary/aromatic N) is 2. The first-order chi connectivity index (χ1) is 10.3. The molecule has 3 aromatic rings. The average molecular weight is 299 g/mol. The van der Waals surface area contributed by atoms with Crippen LogP contribution in [0.3, 0.4) is 0 Å². The maximum Gasteiger partial charge on any atom is 0.337 e. The molecule has 0 aliphatic heterocycles. The van der Waals surface area contributed by atoms with Gasteiger partial charge >= 0.3 is 5.97 Å². The number of carboxylic acid groups (broad SMARTS) is 1. The molecule has 0 unspecified atom stereocenters. The van der Waals surface area contributed by atoms with Crippen molar-refractivity contribution in [2.75, 3.05) is 11.9 Å². The zero-order valence-corrected chi connectivity index (χ0v) is 11.9. The van der Waals surface area contributed by atoms with Crippen LogP contribution in [-0.2, 0) is 6.42 Å². The van der Waals surface area contributed by atoms with E-state index >= 15 is 0 Å². The number of hydrogen-bond donors (Lipinski definition) is 2. The van der Waals surface area contributed by atoms with Crippen molar-refractivity contribution in [1.29, 1.82) is 0 Å². The molecule has 1 aromatic carbocycles. The Bertz CT molecular complexity index is 772. The highest BCUT2D eigenvalue weighted by atomic mass is 32.1. The summed E-state index contributed by atoms with van der Waals surface area (Å²) < 4.78 is 0. The van der Waals surface area contributed by atoms with Gasteiger partial charge in [-0.1, -0.05) is 24.3 Å². The second-order valence-corrected chi connectivity index (χ2v) is 5.25. The van der Waals surface area contributed by atoms with Crippen molar-refractivity contribution in [3.8, 4) is 0 Å². The van der Waals surface area contributed by atoms with E-state index in [0.717, 1.165) is 17.5 Å². The standard InChI is InChI=1S/C15H13N3O2S/c19-15(20)13-7-17-14(12-4-2-1-3-11(12)13)16-6-5-10-8-21-9-18-10/h1-4,7-9H,5-6H2,(H,16,17)(H,19,20). The van der Waals surface area contributed by atoms with E-state index in [1.54, 1.807) is 17.4 Å². The van der Waals surface area contributed by atoms with E-state index in [0.29, 0.717) is 17.7 Å². The molecule has 2 heterocycles. The Balaban J connectivity index is 1.85. The number of fused-ring (bicyclic) bond motifs is 1. The molecule has 2 N–H and O–H groups in total. The molecule has 0 radical (unpaired) electrons. The van der Waals surface area contributed by atoms with E-state index in [-0.39, 0.29) is 5.56 Å². The molecule has 0 amide bonds. The molecule has 0 saturated heterocycles. The van der Waals surface area contributed by atoms with Crippen LogP contribution in [0.4, 0.5) is 5.82 Å². The van der Waals surface area contributed by atoms with E-state index in [2.05, 4.69) is 15.3 Å². The number of thiazole rings is 1. The summed E-state index contributed by atoms with van der Waals surface area (Å²) in [5, 5.41) is 16.0. The van der Waals surface area contributed by atoms with Gasteiger partial charge in [0.25, 0.3) is 0 Å². The molecule has 106 valence electrons. The summed E-state index contributed by atoms with van der Waals surface area (Å²) in [6.07, 6.45) is 2.20. The fourth-order valence-corrected chi connectivity index (χ4v) is 2.77. The van der Waals surface area contributed by atoms with Gasteiger partial charge in [-0.15, -0.1) is 11.3 Å². The Hall–Kier alpha value is -2.47. The average Bonchev–Trinajstić information content (AvgIpc) is 3.00. The van der Waals surface area contributed by atoms with Gasteiger partial charge in [0.1, 0.15) is 5.82 Å². The normalized spacial score (nSPS) is 10.7. The van der Waals surface area contributed by atoms with Crippen molar-refractivity contribution in [2.45, 2.75) is 6.42 Å². The number of anilines is 1. The molecular weight excluding hydrogens is 286 g/mol. The lowest BCUT2D eigenvalue weighted by atomic mass is 10.1. The third-order valence-electron chi connectivity index (χ3n) is 3.18. The first-order valence-corrected chi connectivity index (χ1v) is 7.42. The van der Waals surface area contributed by atoms with Crippen LogP contribution in [0.5, 0.6) is 0 Å². The molecule has 2 aromatic heterocycles. The summed E-state index contributed by atoms with van der Waals surface area (Å²) in [5.41, 5.74) is 3.07. The molecule has 0 fully saturated rings. The lowest BCUT2D eigenvalue weighted by Gasteiger charge is -2.09. The lowest BCUT2D eigenvalue weighted by Crippen LogP contribution is -2.08. The molecule has 0 bridgehead atoms. The second-order valence-electron chi connectivity index (χ2n) is 4.53. The molecule has 0 aliphatic carbocycles. The summed E-state index contributed by atoms with van der Waals surface area (Å²) in [4.78, 5) is 19.7. The van der Waals surface area contributed by atoms with Gasteiger partial charge in [0, 0.05) is 35.3 Å². The Morgan fingerprint density at radius 2 is 2.05 bits per heavy atom. The molecule has 0 saturated carbocycles. The van der Waals surface area contributed by atoms with E-state index in [1.165, 1.54) is 6.20 Å². The number of hydrogen-bond acceptors (Lipinski definition) is 5. The number of nitrogens with one attached hydrogen (secondary N) is 1. The molecule has 0 aliphatic rings. The highest BCUT2D eigenvalue weighted by Gasteiger charge is 2.11. The maximum absolute atomic E-state index is 11.2. The molecule has 5 nitrogen and oxygen atoms in total. The van der Waals surface area contributed by atoms with Crippen LogP contribution in [0, 0.1) is 0 Å². The van der Waals surface area contributed by atoms with E-state index in [9.17, 15) is 9.90 Å². The number of rotatable bonds is 5. The Morgan fingerprint density at radius 3 is 2.76 bits per heavy atom. The largest absolute Gasteiger partial charge is 0.478 e. The summed E-state index contributed by atoms with van der Waals surface area (Å²) in [6, 6.07) is 7.38. The van der Waals surface area contributed by atoms with Crippen LogP contribution in [0.2, 0.25) is 0 Å². The monoisotopic (exact) mass is 299 g/mol. The van der Waals surface area contributed by atoms with Crippen LogP contribution in [0.15, 0.2) is 41.4 Å². The van der Waals surface area contributed by atoms with Crippen LogP contribution >= 0.6 is 11.3 Å². The van der Waals surface area contributed by atoms with Crippen molar-refractivity contribution >= 4 is 33.9 Å². The van der Waals surface area contributed by atoms with Gasteiger partial charge in [-0.05, 0) is 0 Å². The van der Waals surface area contributed by atoms with Gasteiger partial charge < -0.3 is 10.4 Å². The number of benzene rings is 1. The van der Waals surface area contributed by atoms with Crippen molar-refractivity contribution < 1.29 is 9.90 Å². The molecule has 3 rings (SSSR count). The predicted octanol–water partition coefficient (Wildman–Crippen LogP) is 3.04. The van der Waals surface area contributed by atoms with Crippen molar-refractivity contribution in [2.24, 2.45) is 0 Å². The number of carboxylic acids is 1. The molecule has 0 atom stereocenters. The maximum atomic E-state index is 11.2. The van der Waals surface area contributed by atoms with E-state index in [4.69, 9.17) is 0 Å². The van der Waals surface area contributed by atoms with Crippen molar-refractivity contribution in [1.82, 2.24) is 9.97 Å². The topological polar surface area (TPSA) is 75.1 Å². The highest BCUT2D eigenvalue weighted by Crippen LogP contribution is 2.24. The Labute approximate surface area is 125 Å². The minimum absolute atomic E-state index is 0.218. The number of pyridine rings is 1. The van der Waals surface area contributed by atoms with Gasteiger partial charge in [0.2, 0.25) is 0 Å². The Morgan fingerprint density at radius 1 is 1.24 bits per heavy atom. The quantitative estimate of drug-likeness (QED) is 0.757. The van der Waals surface area contributed by atoms with Gasteiger partial charge in [-0.2, -0.15) is 0 Å². The number of carbonyl (C=O) groups is 1. The zero-order valence-electron chi connectivity index (χ0n) is 11.1. The summed E-state index contributed by atoms with van der Waals surface area (Å²) in [7, 11) is 0. The van der Waals surface area contributed by atoms with Crippen LogP contribution in [-0.4, -0.2) is 27.6 Å². The van der Waals surface area contributed by atoms with E-state index in [1.807, 2.05) is 29.1 Å².